The molecule has 1 fully saturated rings. The molecular weight excluding hydrogens is 463 g/mol. The lowest BCUT2D eigenvalue weighted by atomic mass is 10.0. The summed E-state index contributed by atoms with van der Waals surface area (Å²) >= 11 is 0. The van der Waals surface area contributed by atoms with Gasteiger partial charge in [-0.2, -0.15) is 18.3 Å². The van der Waals surface area contributed by atoms with Crippen LogP contribution in [-0.2, 0) is 27.1 Å². The summed E-state index contributed by atoms with van der Waals surface area (Å²) < 4.78 is 39.6. The van der Waals surface area contributed by atoms with Crippen molar-refractivity contribution in [3.05, 3.63) is 53.3 Å². The van der Waals surface area contributed by atoms with Crippen molar-refractivity contribution in [3.63, 3.8) is 0 Å². The Morgan fingerprint density at radius 3 is 2.54 bits per heavy atom. The van der Waals surface area contributed by atoms with Crippen LogP contribution in [0.5, 0.6) is 0 Å². The first-order valence-corrected chi connectivity index (χ1v) is 11.6. The minimum atomic E-state index is -4.61. The van der Waals surface area contributed by atoms with Gasteiger partial charge in [0.2, 0.25) is 17.7 Å². The molecule has 2 N–H and O–H groups in total. The van der Waals surface area contributed by atoms with E-state index in [0.717, 1.165) is 42.0 Å². The fraction of sp³-hybridized carbons (Fsp3) is 0.500. The van der Waals surface area contributed by atoms with Crippen LogP contribution in [0.25, 0.3) is 0 Å². The number of alkyl halides is 3. The number of hydrogen-bond acceptors (Lipinski definition) is 4. The molecule has 2 heterocycles. The van der Waals surface area contributed by atoms with E-state index < -0.39 is 30.4 Å². The Balaban J connectivity index is 1.70. The summed E-state index contributed by atoms with van der Waals surface area (Å²) in [4.78, 5) is 39.7. The summed E-state index contributed by atoms with van der Waals surface area (Å²) in [7, 11) is 0. The highest BCUT2D eigenvalue weighted by Gasteiger charge is 2.34. The summed E-state index contributed by atoms with van der Waals surface area (Å²) in [6, 6.07) is 9.60. The number of hydrogen-bond donors (Lipinski definition) is 2. The molecule has 3 rings (SSSR count). The fourth-order valence-corrected chi connectivity index (χ4v) is 4.05. The van der Waals surface area contributed by atoms with Crippen molar-refractivity contribution < 1.29 is 27.6 Å². The molecule has 2 aromatic rings. The normalized spacial score (nSPS) is 17.9. The molecule has 0 saturated carbocycles. The van der Waals surface area contributed by atoms with E-state index >= 15 is 0 Å². The maximum absolute atomic E-state index is 13.2. The van der Waals surface area contributed by atoms with E-state index in [1.54, 1.807) is 4.90 Å². The summed E-state index contributed by atoms with van der Waals surface area (Å²) in [5, 5.41) is 8.83. The van der Waals surface area contributed by atoms with Gasteiger partial charge in [0.25, 0.3) is 0 Å². The van der Waals surface area contributed by atoms with Crippen molar-refractivity contribution >= 4 is 17.7 Å². The second-order valence-corrected chi connectivity index (χ2v) is 8.59. The van der Waals surface area contributed by atoms with E-state index in [4.69, 9.17) is 0 Å². The number of nitrogens with zero attached hydrogens (tertiary/aromatic N) is 3. The highest BCUT2D eigenvalue weighted by atomic mass is 19.4. The lowest BCUT2D eigenvalue weighted by Crippen LogP contribution is -2.44. The number of halogens is 3. The first kappa shape index (κ1) is 26.2. The standard InChI is InChI=1S/C24H30F3N5O3/c1-17-13-20(24(25,26)27)30-32(17)16-22(34)29-15-23(35)31-12-8-3-2-7-11-28-21(33)14-19(31)18-9-5-4-6-10-18/h4-6,9-10,13,19H,2-3,7-8,11-12,14-16H2,1H3,(H,28,33)(H,29,34). The third-order valence-corrected chi connectivity index (χ3v) is 5.91. The number of aromatic nitrogens is 2. The Bertz CT molecular complexity index is 1020. The molecule has 1 atom stereocenters. The predicted molar refractivity (Wildman–Crippen MR) is 122 cm³/mol. The van der Waals surface area contributed by atoms with Crippen molar-refractivity contribution in [2.75, 3.05) is 19.6 Å². The number of benzene rings is 1. The third kappa shape index (κ3) is 7.56. The maximum atomic E-state index is 13.2. The van der Waals surface area contributed by atoms with Crippen molar-refractivity contribution in [1.29, 1.82) is 0 Å². The van der Waals surface area contributed by atoms with Crippen LogP contribution in [0.1, 0.15) is 55.1 Å². The van der Waals surface area contributed by atoms with Gasteiger partial charge in [0.15, 0.2) is 5.69 Å². The zero-order chi connectivity index (χ0) is 25.4. The second-order valence-electron chi connectivity index (χ2n) is 8.59. The van der Waals surface area contributed by atoms with E-state index in [2.05, 4.69) is 15.7 Å². The van der Waals surface area contributed by atoms with Gasteiger partial charge >= 0.3 is 6.18 Å². The van der Waals surface area contributed by atoms with Gasteiger partial charge < -0.3 is 15.5 Å². The average molecular weight is 494 g/mol. The van der Waals surface area contributed by atoms with Crippen LogP contribution in [0.15, 0.2) is 36.4 Å². The molecule has 11 heteroatoms. The number of carbonyl (C=O) groups is 3. The quantitative estimate of drug-likeness (QED) is 0.670. The summed E-state index contributed by atoms with van der Waals surface area (Å²) in [6.07, 6.45) is -1.07. The Labute approximate surface area is 201 Å². The molecule has 0 spiro atoms. The molecule has 190 valence electrons. The zero-order valence-electron chi connectivity index (χ0n) is 19.6. The Morgan fingerprint density at radius 1 is 1.14 bits per heavy atom. The number of amides is 3. The first-order valence-electron chi connectivity index (χ1n) is 11.6. The highest BCUT2D eigenvalue weighted by molar-refractivity contribution is 5.85. The van der Waals surface area contributed by atoms with Gasteiger partial charge in [0.05, 0.1) is 19.0 Å². The van der Waals surface area contributed by atoms with Gasteiger partial charge in [0, 0.05) is 18.8 Å². The van der Waals surface area contributed by atoms with Gasteiger partial charge in [-0.05, 0) is 31.4 Å². The molecule has 0 radical (unpaired) electrons. The molecular formula is C24H30F3N5O3. The van der Waals surface area contributed by atoms with Crippen LogP contribution in [0.3, 0.4) is 0 Å². The molecule has 1 aliphatic heterocycles. The molecule has 1 aromatic carbocycles. The minimum absolute atomic E-state index is 0.0937. The fourth-order valence-electron chi connectivity index (χ4n) is 4.05. The molecule has 1 aromatic heterocycles. The second kappa shape index (κ2) is 11.9. The third-order valence-electron chi connectivity index (χ3n) is 5.91. The zero-order valence-corrected chi connectivity index (χ0v) is 19.6. The van der Waals surface area contributed by atoms with Gasteiger partial charge in [0.1, 0.15) is 6.54 Å². The average Bonchev–Trinajstić information content (AvgIpc) is 3.17. The van der Waals surface area contributed by atoms with Crippen molar-refractivity contribution in [3.8, 4) is 0 Å². The lowest BCUT2D eigenvalue weighted by molar-refractivity contribution is -0.141. The molecule has 8 nitrogen and oxygen atoms in total. The number of rotatable bonds is 5. The monoisotopic (exact) mass is 493 g/mol. The van der Waals surface area contributed by atoms with Gasteiger partial charge in [-0.15, -0.1) is 0 Å². The Morgan fingerprint density at radius 2 is 1.86 bits per heavy atom. The largest absolute Gasteiger partial charge is 0.435 e. The Kier molecular flexibility index (Phi) is 8.89. The van der Waals surface area contributed by atoms with Crippen molar-refractivity contribution in [2.24, 2.45) is 0 Å². The molecule has 35 heavy (non-hydrogen) atoms. The number of nitrogens with one attached hydrogen (secondary N) is 2. The van der Waals surface area contributed by atoms with Gasteiger partial charge in [-0.1, -0.05) is 43.2 Å². The van der Waals surface area contributed by atoms with Gasteiger partial charge in [-0.3, -0.25) is 19.1 Å². The summed E-state index contributed by atoms with van der Waals surface area (Å²) in [5.41, 5.74) is -0.0825. The maximum Gasteiger partial charge on any atom is 0.435 e. The molecule has 1 unspecified atom stereocenters. The molecule has 1 saturated heterocycles. The van der Waals surface area contributed by atoms with E-state index in [0.29, 0.717) is 13.1 Å². The number of aryl methyl sites for hydroxylation is 1. The van der Waals surface area contributed by atoms with E-state index in [-0.39, 0.29) is 30.5 Å². The predicted octanol–water partition coefficient (Wildman–Crippen LogP) is 2.98. The molecule has 3 amide bonds. The van der Waals surface area contributed by atoms with Crippen LogP contribution < -0.4 is 10.6 Å². The highest BCUT2D eigenvalue weighted by Crippen LogP contribution is 2.28. The smallest absolute Gasteiger partial charge is 0.356 e. The van der Waals surface area contributed by atoms with Crippen LogP contribution in [0.4, 0.5) is 13.2 Å². The van der Waals surface area contributed by atoms with Gasteiger partial charge in [-0.25, -0.2) is 0 Å². The topological polar surface area (TPSA) is 96.3 Å². The van der Waals surface area contributed by atoms with E-state index in [1.807, 2.05) is 30.3 Å². The molecule has 0 bridgehead atoms. The summed E-state index contributed by atoms with van der Waals surface area (Å²) in [6.45, 7) is 1.66. The van der Waals surface area contributed by atoms with E-state index in [1.165, 1.54) is 6.92 Å². The summed E-state index contributed by atoms with van der Waals surface area (Å²) in [5.74, 6) is -1.16. The van der Waals surface area contributed by atoms with Crippen molar-refractivity contribution in [2.45, 2.75) is 57.8 Å². The van der Waals surface area contributed by atoms with E-state index in [9.17, 15) is 27.6 Å². The lowest BCUT2D eigenvalue weighted by Gasteiger charge is -2.32. The van der Waals surface area contributed by atoms with Crippen LogP contribution in [0.2, 0.25) is 0 Å². The van der Waals surface area contributed by atoms with Crippen LogP contribution in [0, 0.1) is 6.92 Å². The van der Waals surface area contributed by atoms with Crippen LogP contribution in [-0.4, -0.2) is 52.0 Å². The Hall–Kier alpha value is -3.37. The van der Waals surface area contributed by atoms with Crippen molar-refractivity contribution in [1.82, 2.24) is 25.3 Å². The molecule has 0 aliphatic carbocycles. The number of carbonyl (C=O) groups excluding carboxylic acids is 3. The minimum Gasteiger partial charge on any atom is -0.356 e. The first-order chi connectivity index (χ1) is 16.6. The molecule has 1 aliphatic rings. The SMILES string of the molecule is Cc1cc(C(F)(F)F)nn1CC(=O)NCC(=O)N1CCCCCCNC(=O)CC1c1ccccc1. The van der Waals surface area contributed by atoms with Crippen LogP contribution >= 0.6 is 0 Å².